The number of carbonyl (C=O) groups is 1. The van der Waals surface area contributed by atoms with Gasteiger partial charge in [0.1, 0.15) is 11.7 Å². The minimum Gasteiger partial charge on any atom is -0.381 e. The molecule has 7 heteroatoms. The topological polar surface area (TPSA) is 84.8 Å². The Balaban J connectivity index is 1.22. The van der Waals surface area contributed by atoms with Crippen LogP contribution in [0.15, 0.2) is 48.8 Å². The van der Waals surface area contributed by atoms with Crippen LogP contribution in [-0.4, -0.2) is 38.6 Å². The summed E-state index contributed by atoms with van der Waals surface area (Å²) in [5.41, 5.74) is 6.32. The maximum Gasteiger partial charge on any atom is 0.270 e. The molecule has 1 aromatic carbocycles. The lowest BCUT2D eigenvalue weighted by atomic mass is 10.0. The molecule has 1 aliphatic carbocycles. The summed E-state index contributed by atoms with van der Waals surface area (Å²) in [6.07, 6.45) is 8.44. The first kappa shape index (κ1) is 23.2. The Morgan fingerprint density at radius 1 is 1.18 bits per heavy atom. The van der Waals surface area contributed by atoms with Crippen molar-refractivity contribution in [1.82, 2.24) is 24.8 Å². The molecule has 2 fully saturated rings. The number of hydrogen-bond donors (Lipinski definition) is 2. The summed E-state index contributed by atoms with van der Waals surface area (Å²) < 4.78 is 7.81. The Morgan fingerprint density at radius 3 is 2.84 bits per heavy atom. The molecule has 2 N–H and O–H groups in total. The lowest BCUT2D eigenvalue weighted by Crippen LogP contribution is -2.31. The summed E-state index contributed by atoms with van der Waals surface area (Å²) in [4.78, 5) is 26.7. The van der Waals surface area contributed by atoms with Crippen molar-refractivity contribution in [3.05, 3.63) is 82.8 Å². The Morgan fingerprint density at radius 2 is 2.03 bits per heavy atom. The number of aromatic nitrogens is 4. The average Bonchev–Trinajstić information content (AvgIpc) is 3.24. The Kier molecular flexibility index (Phi) is 5.59. The van der Waals surface area contributed by atoms with Crippen LogP contribution in [0.25, 0.3) is 10.9 Å². The zero-order valence-electron chi connectivity index (χ0n) is 21.6. The van der Waals surface area contributed by atoms with Crippen molar-refractivity contribution < 1.29 is 9.53 Å². The Bertz CT molecular complexity index is 1560. The molecule has 0 radical (unpaired) electrons. The van der Waals surface area contributed by atoms with Crippen molar-refractivity contribution in [2.75, 3.05) is 13.2 Å². The summed E-state index contributed by atoms with van der Waals surface area (Å²) in [5, 5.41) is 4.38. The molecule has 0 bridgehead atoms. The molecule has 1 atom stereocenters. The molecule has 7 nitrogen and oxygen atoms in total. The first-order valence-electron chi connectivity index (χ1n) is 13.6. The first-order valence-corrected chi connectivity index (χ1v) is 13.6. The van der Waals surface area contributed by atoms with E-state index >= 15 is 0 Å². The van der Waals surface area contributed by atoms with E-state index in [1.54, 1.807) is 6.07 Å². The van der Waals surface area contributed by atoms with Gasteiger partial charge in [-0.3, -0.25) is 4.79 Å². The highest BCUT2D eigenvalue weighted by molar-refractivity contribution is 5.93. The van der Waals surface area contributed by atoms with E-state index in [9.17, 15) is 4.79 Å². The van der Waals surface area contributed by atoms with Crippen molar-refractivity contribution in [2.45, 2.75) is 57.0 Å². The van der Waals surface area contributed by atoms with Crippen LogP contribution in [0.1, 0.15) is 77.0 Å². The van der Waals surface area contributed by atoms with Gasteiger partial charge in [-0.2, -0.15) is 0 Å². The van der Waals surface area contributed by atoms with Crippen molar-refractivity contribution in [2.24, 2.45) is 5.92 Å². The predicted molar refractivity (Wildman–Crippen MR) is 145 cm³/mol. The van der Waals surface area contributed by atoms with Crippen molar-refractivity contribution in [3.8, 4) is 11.8 Å². The number of ether oxygens (including phenoxy) is 1. The lowest BCUT2D eigenvalue weighted by molar-refractivity contribution is 0.0807. The monoisotopic (exact) mass is 505 g/mol. The second-order valence-electron chi connectivity index (χ2n) is 10.9. The fourth-order valence-corrected chi connectivity index (χ4v) is 6.03. The van der Waals surface area contributed by atoms with Crippen LogP contribution in [-0.2, 0) is 16.7 Å². The summed E-state index contributed by atoms with van der Waals surface area (Å²) in [6, 6.07) is 13.6. The normalized spacial score (nSPS) is 18.7. The maximum atomic E-state index is 13.7. The molecule has 4 aromatic rings. The van der Waals surface area contributed by atoms with Gasteiger partial charge in [0.25, 0.3) is 5.91 Å². The summed E-state index contributed by atoms with van der Waals surface area (Å²) in [6.45, 7) is 3.43. The highest BCUT2D eigenvalue weighted by Gasteiger charge is 2.49. The lowest BCUT2D eigenvalue weighted by Gasteiger charge is -2.18. The van der Waals surface area contributed by atoms with Crippen molar-refractivity contribution in [1.29, 1.82) is 0 Å². The van der Waals surface area contributed by atoms with Crippen LogP contribution < -0.4 is 5.32 Å². The number of rotatable bonds is 4. The second kappa shape index (κ2) is 9.14. The molecule has 3 aromatic heterocycles. The van der Waals surface area contributed by atoms with Gasteiger partial charge in [-0.15, -0.1) is 0 Å². The fraction of sp³-hybridized carbons (Fsp3) is 0.387. The minimum atomic E-state index is -0.404. The number of fused-ring (bicyclic) bond motifs is 3. The van der Waals surface area contributed by atoms with E-state index < -0.39 is 6.04 Å². The number of H-pyrrole nitrogens is 1. The second-order valence-corrected chi connectivity index (χ2v) is 10.9. The summed E-state index contributed by atoms with van der Waals surface area (Å²) in [7, 11) is 0. The number of hydrogen-bond acceptors (Lipinski definition) is 4. The van der Waals surface area contributed by atoms with Crippen LogP contribution in [0.2, 0.25) is 0 Å². The van der Waals surface area contributed by atoms with Gasteiger partial charge < -0.3 is 19.6 Å². The van der Waals surface area contributed by atoms with Gasteiger partial charge in [0.05, 0.1) is 12.0 Å². The quantitative estimate of drug-likeness (QED) is 0.390. The van der Waals surface area contributed by atoms with Crippen molar-refractivity contribution in [3.63, 3.8) is 0 Å². The standard InChI is InChI=1S/C31H31N5O2/c1-20-16-22(7-6-21-9-14-38-15-10-21)17-26(33-20)30(37)35-28(25-18-23-4-2-3-5-24(23)34-25)29-27-8-11-31(12-13-31)36(27)19-32-29/h2-5,16-19,21,28,34H,8-15H2,1H3,(H,35,37). The van der Waals surface area contributed by atoms with Gasteiger partial charge in [-0.1, -0.05) is 30.0 Å². The number of aryl methyl sites for hydroxylation is 1. The zero-order chi connectivity index (χ0) is 25.7. The molecule has 3 aliphatic rings. The molecule has 1 saturated heterocycles. The molecular weight excluding hydrogens is 474 g/mol. The van der Waals surface area contributed by atoms with Crippen LogP contribution in [0.5, 0.6) is 0 Å². The van der Waals surface area contributed by atoms with Crippen LogP contribution in [0.4, 0.5) is 0 Å². The zero-order valence-corrected chi connectivity index (χ0v) is 21.6. The molecule has 2 aliphatic heterocycles. The highest BCUT2D eigenvalue weighted by Crippen LogP contribution is 2.52. The van der Waals surface area contributed by atoms with E-state index in [1.807, 2.05) is 31.5 Å². The number of nitrogens with zero attached hydrogens (tertiary/aromatic N) is 3. The average molecular weight is 506 g/mol. The summed E-state index contributed by atoms with van der Waals surface area (Å²) in [5.74, 6) is 6.76. The number of aromatic amines is 1. The van der Waals surface area contributed by atoms with E-state index in [2.05, 4.69) is 49.9 Å². The van der Waals surface area contributed by atoms with Gasteiger partial charge in [-0.25, -0.2) is 9.97 Å². The number of benzene rings is 1. The van der Waals surface area contributed by atoms with Crippen LogP contribution >= 0.6 is 0 Å². The smallest absolute Gasteiger partial charge is 0.270 e. The van der Waals surface area contributed by atoms with E-state index in [0.717, 1.165) is 72.4 Å². The maximum absolute atomic E-state index is 13.7. The summed E-state index contributed by atoms with van der Waals surface area (Å²) >= 11 is 0. The molecule has 5 heterocycles. The third-order valence-corrected chi connectivity index (χ3v) is 8.30. The first-order chi connectivity index (χ1) is 18.6. The van der Waals surface area contributed by atoms with Gasteiger partial charge in [0.2, 0.25) is 0 Å². The molecule has 192 valence electrons. The van der Waals surface area contributed by atoms with Gasteiger partial charge in [0, 0.05) is 52.8 Å². The van der Waals surface area contributed by atoms with Gasteiger partial charge in [-0.05, 0) is 75.1 Å². The number of pyridine rings is 1. The highest BCUT2D eigenvalue weighted by atomic mass is 16.5. The molecule has 1 amide bonds. The number of amides is 1. The van der Waals surface area contributed by atoms with Crippen LogP contribution in [0.3, 0.4) is 0 Å². The third kappa shape index (κ3) is 4.19. The number of carbonyl (C=O) groups excluding carboxylic acids is 1. The Labute approximate surface area is 222 Å². The van der Waals surface area contributed by atoms with E-state index in [4.69, 9.17) is 9.72 Å². The van der Waals surface area contributed by atoms with Crippen LogP contribution in [0, 0.1) is 24.7 Å². The number of para-hydroxylation sites is 1. The van der Waals surface area contributed by atoms with Gasteiger partial charge in [0.15, 0.2) is 0 Å². The molecule has 1 unspecified atom stereocenters. The van der Waals surface area contributed by atoms with Gasteiger partial charge >= 0.3 is 0 Å². The predicted octanol–water partition coefficient (Wildman–Crippen LogP) is 4.80. The molecular formula is C31H31N5O2. The molecule has 7 rings (SSSR count). The molecule has 38 heavy (non-hydrogen) atoms. The SMILES string of the molecule is Cc1cc(C#CC2CCOCC2)cc(C(=O)NC(c2cc3ccccc3[nH]2)c2ncn3c2CCC32CC2)n1. The Hall–Kier alpha value is -3.89. The van der Waals surface area contributed by atoms with E-state index in [-0.39, 0.29) is 11.4 Å². The van der Waals surface area contributed by atoms with Crippen molar-refractivity contribution >= 4 is 16.8 Å². The van der Waals surface area contributed by atoms with E-state index in [0.29, 0.717) is 11.6 Å². The number of imidazole rings is 1. The van der Waals surface area contributed by atoms with E-state index in [1.165, 1.54) is 18.5 Å². The number of nitrogens with one attached hydrogen (secondary N) is 2. The largest absolute Gasteiger partial charge is 0.381 e. The molecule has 1 spiro atoms. The fourth-order valence-electron chi connectivity index (χ4n) is 6.03. The third-order valence-electron chi connectivity index (χ3n) is 8.30. The minimum absolute atomic E-state index is 0.229. The molecule has 1 saturated carbocycles.